The zero-order valence-electron chi connectivity index (χ0n) is 29.2. The minimum Gasteiger partial charge on any atom is -0.347 e. The van der Waals surface area contributed by atoms with Gasteiger partial charge in [0.05, 0.1) is 17.3 Å². The molecule has 4 rings (SSSR count). The Morgan fingerprint density at radius 2 is 1.60 bits per heavy atom. The van der Waals surface area contributed by atoms with Gasteiger partial charge in [-0.15, -0.1) is 0 Å². The highest BCUT2D eigenvalue weighted by Crippen LogP contribution is 2.34. The summed E-state index contributed by atoms with van der Waals surface area (Å²) in [6.07, 6.45) is 7.43. The van der Waals surface area contributed by atoms with Gasteiger partial charge in [-0.2, -0.15) is 4.31 Å². The highest BCUT2D eigenvalue weighted by Gasteiger charge is 2.49. The van der Waals surface area contributed by atoms with Gasteiger partial charge in [-0.05, 0) is 57.3 Å². The molecule has 2 heterocycles. The Morgan fingerprint density at radius 1 is 0.958 bits per heavy atom. The van der Waals surface area contributed by atoms with E-state index in [2.05, 4.69) is 21.3 Å². The van der Waals surface area contributed by atoms with Crippen LogP contribution in [0, 0.1) is 5.41 Å². The molecule has 0 spiro atoms. The Morgan fingerprint density at radius 3 is 2.17 bits per heavy atom. The summed E-state index contributed by atoms with van der Waals surface area (Å²) in [5.74, 6) is -2.75. The predicted molar refractivity (Wildman–Crippen MR) is 178 cm³/mol. The van der Waals surface area contributed by atoms with Crippen LogP contribution >= 0.6 is 0 Å². The molecule has 4 fully saturated rings. The largest absolute Gasteiger partial charge is 0.347 e. The number of rotatable bonds is 14. The van der Waals surface area contributed by atoms with Crippen molar-refractivity contribution in [2.45, 2.75) is 147 Å². The number of likely N-dealkylation sites (tertiary alicyclic amines) is 1. The van der Waals surface area contributed by atoms with Crippen molar-refractivity contribution in [1.29, 1.82) is 0 Å². The van der Waals surface area contributed by atoms with Crippen molar-refractivity contribution in [2.75, 3.05) is 25.4 Å². The zero-order chi connectivity index (χ0) is 35.5. The van der Waals surface area contributed by atoms with E-state index in [1.54, 1.807) is 20.8 Å². The normalized spacial score (nSPS) is 23.7. The number of hydrogen-bond donors (Lipinski definition) is 4. The quantitative estimate of drug-likeness (QED) is 0.202. The molecule has 15 heteroatoms. The molecule has 2 saturated heterocycles. The average molecular weight is 699 g/mol. The smallest absolute Gasteiger partial charge is 0.315 e. The molecule has 3 atom stereocenters. The van der Waals surface area contributed by atoms with Crippen LogP contribution in [0.2, 0.25) is 0 Å². The summed E-state index contributed by atoms with van der Waals surface area (Å²) >= 11 is 0. The molecule has 2 saturated carbocycles. The Balaban J connectivity index is 1.45. The highest BCUT2D eigenvalue weighted by atomic mass is 32.2. The van der Waals surface area contributed by atoms with Crippen LogP contribution < -0.4 is 21.3 Å². The summed E-state index contributed by atoms with van der Waals surface area (Å²) in [6, 6.07) is -3.65. The fourth-order valence-corrected chi connectivity index (χ4v) is 9.15. The van der Waals surface area contributed by atoms with E-state index in [4.69, 9.17) is 0 Å². The lowest BCUT2D eigenvalue weighted by molar-refractivity contribution is -0.143. The maximum Gasteiger partial charge on any atom is 0.315 e. The molecule has 2 aliphatic heterocycles. The van der Waals surface area contributed by atoms with Gasteiger partial charge in [-0.3, -0.25) is 19.2 Å². The van der Waals surface area contributed by atoms with E-state index in [-0.39, 0.29) is 31.4 Å². The van der Waals surface area contributed by atoms with Gasteiger partial charge in [0.15, 0.2) is 0 Å². The number of sulfonamides is 1. The van der Waals surface area contributed by atoms with E-state index in [1.165, 1.54) is 11.8 Å². The van der Waals surface area contributed by atoms with E-state index >= 15 is 0 Å². The SMILES string of the molecule is CCCCC(NC(=O)[C@@H]1CCCN1C(=O)[C@@H](NC(=O)NC1(CS(=O)(=O)N2CC(C)(F)C2)CCCCC1)C(C)(C)C)C(=O)C(=O)NC1CC1. The molecule has 5 amide bonds. The van der Waals surface area contributed by atoms with Crippen LogP contribution in [0.25, 0.3) is 0 Å². The molecule has 0 radical (unpaired) electrons. The number of nitrogens with one attached hydrogen (secondary N) is 4. The van der Waals surface area contributed by atoms with E-state index in [0.717, 1.165) is 30.0 Å². The summed E-state index contributed by atoms with van der Waals surface area (Å²) in [7, 11) is -3.85. The fourth-order valence-electron chi connectivity index (χ4n) is 6.97. The number of amides is 5. The van der Waals surface area contributed by atoms with Crippen LogP contribution in [0.15, 0.2) is 0 Å². The monoisotopic (exact) mass is 698 g/mol. The maximum atomic E-state index is 14.2. The summed E-state index contributed by atoms with van der Waals surface area (Å²) in [5, 5.41) is 11.1. The fraction of sp³-hybridized carbons (Fsp3) is 0.848. The lowest BCUT2D eigenvalue weighted by atomic mass is 9.83. The molecule has 4 N–H and O–H groups in total. The molecule has 0 aromatic heterocycles. The van der Waals surface area contributed by atoms with Crippen LogP contribution in [0.4, 0.5) is 9.18 Å². The number of urea groups is 1. The van der Waals surface area contributed by atoms with Gasteiger partial charge < -0.3 is 26.2 Å². The first-order valence-electron chi connectivity index (χ1n) is 17.6. The third kappa shape index (κ3) is 9.66. The van der Waals surface area contributed by atoms with Crippen molar-refractivity contribution in [3.05, 3.63) is 0 Å². The van der Waals surface area contributed by atoms with Gasteiger partial charge >= 0.3 is 6.03 Å². The van der Waals surface area contributed by atoms with Crippen molar-refractivity contribution in [3.63, 3.8) is 0 Å². The number of carbonyl (C=O) groups is 5. The average Bonchev–Trinajstić information content (AvgIpc) is 3.65. The minimum absolute atomic E-state index is 0.00316. The van der Waals surface area contributed by atoms with Crippen LogP contribution in [0.5, 0.6) is 0 Å². The van der Waals surface area contributed by atoms with E-state index in [9.17, 15) is 36.8 Å². The highest BCUT2D eigenvalue weighted by molar-refractivity contribution is 7.89. The Bertz CT molecular complexity index is 1330. The summed E-state index contributed by atoms with van der Waals surface area (Å²) in [6.45, 7) is 8.51. The number of ketones is 1. The third-order valence-corrected chi connectivity index (χ3v) is 11.9. The van der Waals surface area contributed by atoms with Crippen molar-refractivity contribution in [3.8, 4) is 0 Å². The van der Waals surface area contributed by atoms with Crippen molar-refractivity contribution in [1.82, 2.24) is 30.5 Å². The Kier molecular flexibility index (Phi) is 11.9. The van der Waals surface area contributed by atoms with Gasteiger partial charge in [0.2, 0.25) is 27.6 Å². The topological polar surface area (TPSA) is 174 Å². The van der Waals surface area contributed by atoms with E-state index in [1.807, 2.05) is 6.92 Å². The molecule has 1 unspecified atom stereocenters. The molecule has 0 bridgehead atoms. The number of unbranched alkanes of at least 4 members (excludes halogenated alkanes) is 1. The first kappa shape index (κ1) is 38.0. The number of halogens is 1. The predicted octanol–water partition coefficient (Wildman–Crippen LogP) is 2.29. The molecule has 0 aromatic carbocycles. The van der Waals surface area contributed by atoms with Crippen LogP contribution in [0.3, 0.4) is 0 Å². The van der Waals surface area contributed by atoms with Crippen LogP contribution in [-0.4, -0.2) is 108 Å². The number of Topliss-reactive ketones (excluding diaryl/α,β-unsaturated/α-hetero) is 1. The molecule has 13 nitrogen and oxygen atoms in total. The van der Waals surface area contributed by atoms with Crippen molar-refractivity contribution >= 4 is 39.6 Å². The second-order valence-corrected chi connectivity index (χ2v) is 17.7. The minimum atomic E-state index is -3.85. The number of carbonyl (C=O) groups excluding carboxylic acids is 5. The molecule has 2 aliphatic carbocycles. The van der Waals surface area contributed by atoms with E-state index in [0.29, 0.717) is 51.4 Å². The Labute approximate surface area is 284 Å². The van der Waals surface area contributed by atoms with Crippen molar-refractivity contribution < 1.29 is 36.8 Å². The Hall–Kier alpha value is -2.81. The lowest BCUT2D eigenvalue weighted by Gasteiger charge is -2.44. The van der Waals surface area contributed by atoms with Gasteiger partial charge in [0.1, 0.15) is 17.8 Å². The third-order valence-electron chi connectivity index (χ3n) is 9.90. The number of nitrogens with zero attached hydrogens (tertiary/aromatic N) is 2. The van der Waals surface area contributed by atoms with E-state index < -0.39 is 74.3 Å². The molecular weight excluding hydrogens is 643 g/mol. The van der Waals surface area contributed by atoms with Gasteiger partial charge in [-0.1, -0.05) is 59.8 Å². The first-order chi connectivity index (χ1) is 22.4. The molecular formula is C33H55FN6O7S. The summed E-state index contributed by atoms with van der Waals surface area (Å²) in [4.78, 5) is 68.2. The van der Waals surface area contributed by atoms with Crippen LogP contribution in [-0.2, 0) is 29.2 Å². The molecule has 48 heavy (non-hydrogen) atoms. The molecule has 4 aliphatic rings. The zero-order valence-corrected chi connectivity index (χ0v) is 30.0. The number of hydrogen-bond acceptors (Lipinski definition) is 7. The van der Waals surface area contributed by atoms with Gasteiger partial charge in [0, 0.05) is 25.7 Å². The summed E-state index contributed by atoms with van der Waals surface area (Å²) in [5.41, 5.74) is -3.43. The van der Waals surface area contributed by atoms with Gasteiger partial charge in [-0.25, -0.2) is 17.6 Å². The first-order valence-corrected chi connectivity index (χ1v) is 19.2. The molecule has 0 aromatic rings. The van der Waals surface area contributed by atoms with Crippen molar-refractivity contribution in [2.24, 2.45) is 5.41 Å². The second kappa shape index (κ2) is 15.0. The number of alkyl halides is 1. The maximum absolute atomic E-state index is 14.2. The molecule has 272 valence electrons. The standard InChI is InChI=1S/C33H55FN6O7S/c1-6-7-12-23(25(41)28(43)35-22-14-15-22)36-27(42)24-13-11-18-40(24)29(44)26(31(2,3)4)37-30(45)38-33(16-9-8-10-17-33)21-48(46,47)39-19-32(5,34)20-39/h22-24,26H,6-21H2,1-5H3,(H,35,43)(H,36,42)(H2,37,38,45)/t23?,24-,26+/m0/s1. The van der Waals surface area contributed by atoms with Gasteiger partial charge in [0.25, 0.3) is 5.91 Å². The lowest BCUT2D eigenvalue weighted by Crippen LogP contribution is -2.65. The summed E-state index contributed by atoms with van der Waals surface area (Å²) < 4.78 is 41.7. The van der Waals surface area contributed by atoms with Crippen LogP contribution in [0.1, 0.15) is 112 Å². The second-order valence-electron chi connectivity index (χ2n) is 15.7.